The first-order chi connectivity index (χ1) is 24.8. The first-order valence-corrected chi connectivity index (χ1v) is 17.3. The molecule has 0 aliphatic carbocycles. The van der Waals surface area contributed by atoms with E-state index in [0.29, 0.717) is 25.1 Å². The van der Waals surface area contributed by atoms with Crippen LogP contribution in [0, 0.1) is 0 Å². The van der Waals surface area contributed by atoms with E-state index in [1.807, 2.05) is 72.8 Å². The Hall–Kier alpha value is -5.60. The maximum Gasteiger partial charge on any atom is 0.243 e. The fourth-order valence-corrected chi connectivity index (χ4v) is 5.63. The van der Waals surface area contributed by atoms with Gasteiger partial charge in [-0.1, -0.05) is 72.8 Å². The Bertz CT molecular complexity index is 1810. The Labute approximate surface area is 303 Å². The number of unbranched alkanes of at least 4 members (excludes halogenated alkanes) is 1. The Kier molecular flexibility index (Phi) is 14.0. The number of H-pyrrole nitrogens is 1. The molecule has 14 heteroatoms. The van der Waals surface area contributed by atoms with Crippen LogP contribution < -0.4 is 38.5 Å². The van der Waals surface area contributed by atoms with Crippen molar-refractivity contribution in [3.63, 3.8) is 0 Å². The fraction of sp³-hybridized carbons (Fsp3) is 0.368. The lowest BCUT2D eigenvalue weighted by Crippen LogP contribution is -2.60. The molecule has 1 aromatic heterocycles. The van der Waals surface area contributed by atoms with E-state index < -0.39 is 59.2 Å². The lowest BCUT2D eigenvalue weighted by molar-refractivity contribution is -0.134. The van der Waals surface area contributed by atoms with Crippen LogP contribution in [0.25, 0.3) is 10.8 Å². The Balaban J connectivity index is 1.65. The third-order valence-electron chi connectivity index (χ3n) is 8.60. The maximum atomic E-state index is 14.3. The molecule has 1 unspecified atom stereocenters. The predicted molar refractivity (Wildman–Crippen MR) is 198 cm³/mol. The van der Waals surface area contributed by atoms with Gasteiger partial charge in [-0.05, 0) is 61.6 Å². The molecule has 0 fully saturated rings. The summed E-state index contributed by atoms with van der Waals surface area (Å²) in [4.78, 5) is 74.2. The molecule has 0 spiro atoms. The molecule has 0 saturated heterocycles. The Morgan fingerprint density at radius 1 is 0.712 bits per heavy atom. The number of fused-ring (bicyclic) bond motifs is 1. The van der Waals surface area contributed by atoms with E-state index in [0.717, 1.165) is 21.9 Å². The average Bonchev–Trinajstić information content (AvgIpc) is 3.63. The van der Waals surface area contributed by atoms with Crippen LogP contribution in [0.5, 0.6) is 0 Å². The van der Waals surface area contributed by atoms with Crippen molar-refractivity contribution in [1.82, 2.24) is 31.2 Å². The first kappa shape index (κ1) is 39.2. The molecule has 5 amide bonds. The molecule has 0 aliphatic heterocycles. The topological polar surface area (TPSA) is 240 Å². The lowest BCUT2D eigenvalue weighted by Gasteiger charge is -2.27. The second-order valence-corrected chi connectivity index (χ2v) is 13.5. The summed E-state index contributed by atoms with van der Waals surface area (Å²) < 4.78 is 0. The molecule has 14 nitrogen and oxygen atoms in total. The molecule has 3 aromatic carbocycles. The van der Waals surface area contributed by atoms with Crippen molar-refractivity contribution in [3.8, 4) is 0 Å². The van der Waals surface area contributed by atoms with Crippen molar-refractivity contribution in [2.24, 2.45) is 17.2 Å². The first-order valence-electron chi connectivity index (χ1n) is 17.3. The van der Waals surface area contributed by atoms with Crippen LogP contribution in [-0.2, 0) is 43.2 Å². The fourth-order valence-electron chi connectivity index (χ4n) is 5.63. The number of amides is 5. The van der Waals surface area contributed by atoms with Crippen molar-refractivity contribution < 1.29 is 24.0 Å². The largest absolute Gasteiger partial charge is 0.368 e. The van der Waals surface area contributed by atoms with E-state index in [1.165, 1.54) is 26.4 Å². The van der Waals surface area contributed by atoms with Crippen LogP contribution in [-0.4, -0.2) is 75.8 Å². The quantitative estimate of drug-likeness (QED) is 0.0648. The van der Waals surface area contributed by atoms with Crippen LogP contribution in [0.15, 0.2) is 85.3 Å². The highest BCUT2D eigenvalue weighted by Crippen LogP contribution is 2.17. The highest BCUT2D eigenvalue weighted by Gasteiger charge is 2.33. The molecule has 0 bridgehead atoms. The van der Waals surface area contributed by atoms with Crippen LogP contribution >= 0.6 is 0 Å². The number of carbonyl (C=O) groups excluding carboxylic acids is 5. The number of rotatable bonds is 19. The summed E-state index contributed by atoms with van der Waals surface area (Å²) in [6.45, 7) is 3.46. The monoisotopic (exact) mass is 711 g/mol. The van der Waals surface area contributed by atoms with Crippen molar-refractivity contribution >= 4 is 40.3 Å². The number of aromatic amines is 1. The molecule has 52 heavy (non-hydrogen) atoms. The van der Waals surface area contributed by atoms with E-state index in [2.05, 4.69) is 31.2 Å². The van der Waals surface area contributed by atoms with Gasteiger partial charge in [0.1, 0.15) is 24.2 Å². The Morgan fingerprint density at radius 2 is 1.29 bits per heavy atom. The van der Waals surface area contributed by atoms with Gasteiger partial charge >= 0.3 is 0 Å². The van der Waals surface area contributed by atoms with Gasteiger partial charge in [0.05, 0.1) is 11.9 Å². The summed E-state index contributed by atoms with van der Waals surface area (Å²) in [5.74, 6) is -3.19. The van der Waals surface area contributed by atoms with Gasteiger partial charge in [0.15, 0.2) is 0 Å². The summed E-state index contributed by atoms with van der Waals surface area (Å²) >= 11 is 0. The number of nitrogens with one attached hydrogen (secondary N) is 5. The minimum atomic E-state index is -1.29. The SMILES string of the molecule is CC(C)(N)C(=O)N[C@@H](Cc1cnc[nH]1)C(=O)NC(Cc1ccc2ccccc2c1)C(=O)N[C@H](Cc1ccccc1)C(=O)N[C@@H](CCCCN)C(N)=O. The van der Waals surface area contributed by atoms with Crippen LogP contribution in [0.3, 0.4) is 0 Å². The van der Waals surface area contributed by atoms with E-state index >= 15 is 0 Å². The zero-order valence-corrected chi connectivity index (χ0v) is 29.6. The van der Waals surface area contributed by atoms with Gasteiger partial charge < -0.3 is 43.5 Å². The van der Waals surface area contributed by atoms with Crippen molar-refractivity contribution in [3.05, 3.63) is 102 Å². The third kappa shape index (κ3) is 11.7. The van der Waals surface area contributed by atoms with Gasteiger partial charge in [-0.3, -0.25) is 24.0 Å². The zero-order chi connectivity index (χ0) is 37.7. The van der Waals surface area contributed by atoms with Gasteiger partial charge in [-0.25, -0.2) is 4.98 Å². The third-order valence-corrected chi connectivity index (χ3v) is 8.60. The standard InChI is InChI=1S/C38H49N9O5/c1-38(2,41)37(52)47-32(21-28-22-42-23-43-28)36(51)46-31(20-25-15-16-26-12-6-7-13-27(26)18-25)35(50)45-30(19-24-10-4-3-5-11-24)34(49)44-29(33(40)48)14-8-9-17-39/h3-7,10-13,15-16,18,22-23,29-32H,8-9,14,17,19-21,39,41H2,1-2H3,(H2,40,48)(H,42,43)(H,44,49)(H,45,50)(H,46,51)(H,47,52)/t29-,30+,31?,32-/m0/s1. The smallest absolute Gasteiger partial charge is 0.243 e. The Morgan fingerprint density at radius 3 is 1.87 bits per heavy atom. The number of primary amides is 1. The number of carbonyl (C=O) groups is 5. The molecular weight excluding hydrogens is 662 g/mol. The summed E-state index contributed by atoms with van der Waals surface area (Å²) in [5.41, 5.74) is 18.0. The summed E-state index contributed by atoms with van der Waals surface area (Å²) in [7, 11) is 0. The second-order valence-electron chi connectivity index (χ2n) is 13.5. The maximum absolute atomic E-state index is 14.3. The second kappa shape index (κ2) is 18.6. The van der Waals surface area contributed by atoms with Crippen molar-refractivity contribution in [2.75, 3.05) is 6.54 Å². The summed E-state index contributed by atoms with van der Waals surface area (Å²) in [5, 5.41) is 13.0. The van der Waals surface area contributed by atoms with E-state index in [-0.39, 0.29) is 25.7 Å². The van der Waals surface area contributed by atoms with Gasteiger partial charge in [0, 0.05) is 31.2 Å². The minimum absolute atomic E-state index is 0.0374. The number of nitrogens with two attached hydrogens (primary N) is 3. The van der Waals surface area contributed by atoms with Gasteiger partial charge in [-0.15, -0.1) is 0 Å². The normalized spacial score (nSPS) is 13.7. The average molecular weight is 712 g/mol. The number of aromatic nitrogens is 2. The lowest BCUT2D eigenvalue weighted by atomic mass is 9.99. The van der Waals surface area contributed by atoms with Crippen molar-refractivity contribution in [2.45, 2.75) is 82.1 Å². The minimum Gasteiger partial charge on any atom is -0.368 e. The molecule has 4 aromatic rings. The highest BCUT2D eigenvalue weighted by molar-refractivity contribution is 5.96. The molecule has 4 rings (SSSR count). The number of hydrogen-bond donors (Lipinski definition) is 8. The molecule has 276 valence electrons. The molecule has 0 radical (unpaired) electrons. The van der Waals surface area contributed by atoms with E-state index in [9.17, 15) is 24.0 Å². The van der Waals surface area contributed by atoms with Crippen LogP contribution in [0.2, 0.25) is 0 Å². The molecule has 1 heterocycles. The predicted octanol–water partition coefficient (Wildman–Crippen LogP) is 0.882. The highest BCUT2D eigenvalue weighted by atomic mass is 16.2. The molecule has 4 atom stereocenters. The zero-order valence-electron chi connectivity index (χ0n) is 29.6. The van der Waals surface area contributed by atoms with Gasteiger partial charge in [0.2, 0.25) is 29.5 Å². The van der Waals surface area contributed by atoms with E-state index in [1.54, 1.807) is 0 Å². The number of benzene rings is 3. The van der Waals surface area contributed by atoms with Gasteiger partial charge in [0.25, 0.3) is 0 Å². The number of nitrogens with zero attached hydrogens (tertiary/aromatic N) is 1. The van der Waals surface area contributed by atoms with Crippen LogP contribution in [0.4, 0.5) is 0 Å². The summed E-state index contributed by atoms with van der Waals surface area (Å²) in [6, 6.07) is 18.1. The van der Waals surface area contributed by atoms with Gasteiger partial charge in [-0.2, -0.15) is 0 Å². The van der Waals surface area contributed by atoms with Crippen molar-refractivity contribution in [1.29, 1.82) is 0 Å². The van der Waals surface area contributed by atoms with Crippen LogP contribution in [0.1, 0.15) is 49.9 Å². The van der Waals surface area contributed by atoms with E-state index in [4.69, 9.17) is 17.2 Å². The summed E-state index contributed by atoms with van der Waals surface area (Å²) in [6.07, 6.45) is 4.66. The molecule has 0 aliphatic rings. The molecular formula is C38H49N9O5. The number of imidazole rings is 1. The molecule has 0 saturated carbocycles. The molecule has 11 N–H and O–H groups in total. The number of hydrogen-bond acceptors (Lipinski definition) is 8.